The van der Waals surface area contributed by atoms with Gasteiger partial charge in [-0.15, -0.1) is 0 Å². The van der Waals surface area contributed by atoms with E-state index in [9.17, 15) is 5.11 Å². The summed E-state index contributed by atoms with van der Waals surface area (Å²) in [5.41, 5.74) is 4.87. The molecule has 1 atom stereocenters. The largest absolute Gasteiger partial charge is 0.463 e. The Hall–Kier alpha value is -3.69. The molecule has 1 unspecified atom stereocenters. The number of aryl methyl sites for hydroxylation is 1. The van der Waals surface area contributed by atoms with Gasteiger partial charge in [-0.2, -0.15) is 15.1 Å². The van der Waals surface area contributed by atoms with Crippen LogP contribution in [0.1, 0.15) is 36.6 Å². The third-order valence-corrected chi connectivity index (χ3v) is 8.31. The Bertz CT molecular complexity index is 1480. The first-order valence-corrected chi connectivity index (χ1v) is 14.8. The molecule has 0 bridgehead atoms. The molecule has 4 aromatic rings. The minimum absolute atomic E-state index is 0.182. The molecule has 0 spiro atoms. The Labute approximate surface area is 242 Å². The average molecular weight is 556 g/mol. The van der Waals surface area contributed by atoms with Crippen molar-refractivity contribution >= 4 is 22.3 Å². The topological polar surface area (TPSA) is 91.6 Å². The first-order valence-electron chi connectivity index (χ1n) is 14.8. The van der Waals surface area contributed by atoms with Gasteiger partial charge in [0.05, 0.1) is 31.5 Å². The second-order valence-electron chi connectivity index (χ2n) is 11.9. The van der Waals surface area contributed by atoms with Gasteiger partial charge in [0.15, 0.2) is 0 Å². The Morgan fingerprint density at radius 2 is 1.95 bits per heavy atom. The first-order chi connectivity index (χ1) is 19.9. The van der Waals surface area contributed by atoms with Gasteiger partial charge in [-0.3, -0.25) is 4.68 Å². The van der Waals surface area contributed by atoms with Crippen LogP contribution in [0.25, 0.3) is 10.8 Å². The van der Waals surface area contributed by atoms with Crippen LogP contribution in [0.3, 0.4) is 0 Å². The van der Waals surface area contributed by atoms with Gasteiger partial charge >= 0.3 is 6.01 Å². The molecule has 1 saturated carbocycles. The van der Waals surface area contributed by atoms with Crippen LogP contribution in [0.2, 0.25) is 0 Å². The number of rotatable bonds is 12. The van der Waals surface area contributed by atoms with E-state index in [-0.39, 0.29) is 5.41 Å². The molecule has 0 radical (unpaired) electrons. The molecule has 2 aliphatic rings. The van der Waals surface area contributed by atoms with E-state index in [1.165, 1.54) is 22.0 Å². The molecular weight excluding hydrogens is 514 g/mol. The summed E-state index contributed by atoms with van der Waals surface area (Å²) in [6.45, 7) is 6.15. The third kappa shape index (κ3) is 6.16. The maximum absolute atomic E-state index is 10.7. The van der Waals surface area contributed by atoms with Crippen molar-refractivity contribution in [3.63, 3.8) is 0 Å². The summed E-state index contributed by atoms with van der Waals surface area (Å²) in [5.74, 6) is 0.758. The molecular formula is C32H41N7O2. The molecule has 2 N–H and O–H groups in total. The highest BCUT2D eigenvalue weighted by molar-refractivity contribution is 5.97. The van der Waals surface area contributed by atoms with Crippen LogP contribution in [0.15, 0.2) is 54.9 Å². The van der Waals surface area contributed by atoms with E-state index in [1.807, 2.05) is 12.3 Å². The normalized spacial score (nSPS) is 16.6. The summed E-state index contributed by atoms with van der Waals surface area (Å²) in [7, 11) is 4.22. The summed E-state index contributed by atoms with van der Waals surface area (Å²) < 4.78 is 8.04. The Kier molecular flexibility index (Phi) is 7.81. The van der Waals surface area contributed by atoms with Crippen molar-refractivity contribution in [3.8, 4) is 6.01 Å². The van der Waals surface area contributed by atoms with Gasteiger partial charge in [0, 0.05) is 54.1 Å². The zero-order valence-corrected chi connectivity index (χ0v) is 24.4. The van der Waals surface area contributed by atoms with Crippen molar-refractivity contribution in [2.24, 2.45) is 5.41 Å². The summed E-state index contributed by atoms with van der Waals surface area (Å²) in [5, 5.41) is 20.9. The molecule has 9 nitrogen and oxygen atoms in total. The number of benzene rings is 2. The van der Waals surface area contributed by atoms with Crippen molar-refractivity contribution in [2.75, 3.05) is 50.6 Å². The van der Waals surface area contributed by atoms with E-state index >= 15 is 0 Å². The van der Waals surface area contributed by atoms with E-state index < -0.39 is 6.10 Å². The quantitative estimate of drug-likeness (QED) is 0.270. The molecule has 0 saturated heterocycles. The predicted molar refractivity (Wildman–Crippen MR) is 163 cm³/mol. The number of aliphatic hydroxyl groups is 1. The lowest BCUT2D eigenvalue weighted by atomic mass is 9.98. The standard InChI is InChI=1S/C32H41N7O2/c1-4-23-8-5-9-24-10-6-11-28(29(23)24)38-17-12-26-27(20-38)35-31(41-22-32(13-14-32)21-37(2)3)36-30(26)33-18-25(40)19-39-16-7-15-34-39/h5-11,15-16,25,40H,4,12-14,17-22H2,1-3H3,(H,33,35,36). The van der Waals surface area contributed by atoms with E-state index in [0.717, 1.165) is 55.8 Å². The van der Waals surface area contributed by atoms with Crippen LogP contribution in [0, 0.1) is 5.41 Å². The number of nitrogens with zero attached hydrogens (tertiary/aromatic N) is 6. The lowest BCUT2D eigenvalue weighted by molar-refractivity contribution is 0.161. The van der Waals surface area contributed by atoms with E-state index in [1.54, 1.807) is 10.9 Å². The van der Waals surface area contributed by atoms with Crippen molar-refractivity contribution in [3.05, 3.63) is 71.7 Å². The van der Waals surface area contributed by atoms with Gasteiger partial charge in [-0.1, -0.05) is 37.3 Å². The highest BCUT2D eigenvalue weighted by atomic mass is 16.5. The van der Waals surface area contributed by atoms with Crippen LogP contribution in [0.5, 0.6) is 6.01 Å². The molecule has 6 rings (SSSR count). The maximum atomic E-state index is 10.7. The van der Waals surface area contributed by atoms with Crippen LogP contribution in [-0.2, 0) is 25.9 Å². The Morgan fingerprint density at radius 3 is 2.68 bits per heavy atom. The van der Waals surface area contributed by atoms with Crippen molar-refractivity contribution in [2.45, 2.75) is 51.8 Å². The highest BCUT2D eigenvalue weighted by Crippen LogP contribution is 2.46. The second-order valence-corrected chi connectivity index (χ2v) is 11.9. The molecule has 216 valence electrons. The van der Waals surface area contributed by atoms with Crippen LogP contribution >= 0.6 is 0 Å². The lowest BCUT2D eigenvalue weighted by Gasteiger charge is -2.32. The second kappa shape index (κ2) is 11.7. The number of aliphatic hydroxyl groups excluding tert-OH is 1. The van der Waals surface area contributed by atoms with Gasteiger partial charge < -0.3 is 25.0 Å². The molecule has 0 amide bonds. The third-order valence-electron chi connectivity index (χ3n) is 8.31. The summed E-state index contributed by atoms with van der Waals surface area (Å²) in [6, 6.07) is 15.4. The van der Waals surface area contributed by atoms with Gasteiger partial charge in [0.25, 0.3) is 0 Å². The van der Waals surface area contributed by atoms with E-state index in [0.29, 0.717) is 32.3 Å². The summed E-state index contributed by atoms with van der Waals surface area (Å²) >= 11 is 0. The van der Waals surface area contributed by atoms with Gasteiger partial charge in [0.2, 0.25) is 0 Å². The first kappa shape index (κ1) is 27.5. The minimum Gasteiger partial charge on any atom is -0.463 e. The number of anilines is 2. The molecule has 9 heteroatoms. The van der Waals surface area contributed by atoms with Gasteiger partial charge in [0.1, 0.15) is 5.82 Å². The van der Waals surface area contributed by atoms with Crippen molar-refractivity contribution < 1.29 is 9.84 Å². The minimum atomic E-state index is -0.608. The Balaban J connectivity index is 1.27. The fraction of sp³-hybridized carbons (Fsp3) is 0.469. The van der Waals surface area contributed by atoms with E-state index in [2.05, 4.69) is 77.6 Å². The van der Waals surface area contributed by atoms with Crippen LogP contribution in [0.4, 0.5) is 11.5 Å². The summed E-state index contributed by atoms with van der Waals surface area (Å²) in [4.78, 5) is 14.5. The molecule has 2 aromatic heterocycles. The zero-order chi connectivity index (χ0) is 28.4. The van der Waals surface area contributed by atoms with Gasteiger partial charge in [-0.05, 0) is 62.9 Å². The lowest BCUT2D eigenvalue weighted by Crippen LogP contribution is -2.33. The molecule has 1 aliphatic carbocycles. The van der Waals surface area contributed by atoms with Crippen LogP contribution in [-0.4, -0.2) is 76.2 Å². The number of hydrogen-bond acceptors (Lipinski definition) is 8. The zero-order valence-electron chi connectivity index (χ0n) is 24.4. The maximum Gasteiger partial charge on any atom is 0.318 e. The number of nitrogens with one attached hydrogen (secondary N) is 1. The SMILES string of the molecule is CCc1cccc2cccc(N3CCc4c(nc(OCC5(CN(C)C)CC5)nc4NCC(O)Cn4cccn4)C3)c12. The van der Waals surface area contributed by atoms with E-state index in [4.69, 9.17) is 14.7 Å². The fourth-order valence-electron chi connectivity index (χ4n) is 6.10. The number of fused-ring (bicyclic) bond motifs is 2. The number of aromatic nitrogens is 4. The highest BCUT2D eigenvalue weighted by Gasteiger charge is 2.44. The summed E-state index contributed by atoms with van der Waals surface area (Å²) in [6.07, 6.45) is 7.09. The fourth-order valence-corrected chi connectivity index (χ4v) is 6.10. The number of hydrogen-bond donors (Lipinski definition) is 2. The molecule has 1 fully saturated rings. The number of ether oxygens (including phenoxy) is 1. The van der Waals surface area contributed by atoms with Crippen molar-refractivity contribution in [1.82, 2.24) is 24.6 Å². The molecule has 41 heavy (non-hydrogen) atoms. The Morgan fingerprint density at radius 1 is 1.12 bits per heavy atom. The monoisotopic (exact) mass is 555 g/mol. The van der Waals surface area contributed by atoms with Crippen LogP contribution < -0.4 is 15.0 Å². The smallest absolute Gasteiger partial charge is 0.318 e. The molecule has 2 aromatic carbocycles. The molecule has 3 heterocycles. The molecule has 1 aliphatic heterocycles. The average Bonchev–Trinajstić information content (AvgIpc) is 3.53. The van der Waals surface area contributed by atoms with Gasteiger partial charge in [-0.25, -0.2) is 0 Å². The predicted octanol–water partition coefficient (Wildman–Crippen LogP) is 4.15. The van der Waals surface area contributed by atoms with Crippen molar-refractivity contribution in [1.29, 1.82) is 0 Å².